The standard InChI is InChI=1S/C12H14ClF3N2O2/c13-8-3-4-9(18-11(19)2-1-5-17)10(6-8)20-7-12(14,15)16/h3-4,6H,1-2,5,7,17H2,(H,18,19). The van der Waals surface area contributed by atoms with Gasteiger partial charge in [0.05, 0.1) is 5.69 Å². The number of hydrogen-bond acceptors (Lipinski definition) is 3. The molecule has 0 heterocycles. The molecule has 0 spiro atoms. The predicted octanol–water partition coefficient (Wildman–Crippen LogP) is 2.96. The van der Waals surface area contributed by atoms with E-state index in [1.807, 2.05) is 0 Å². The van der Waals surface area contributed by atoms with Gasteiger partial charge in [0.2, 0.25) is 5.91 Å². The second-order valence-electron chi connectivity index (χ2n) is 3.98. The Labute approximate surface area is 119 Å². The monoisotopic (exact) mass is 310 g/mol. The first-order chi connectivity index (χ1) is 9.31. The number of nitrogens with one attached hydrogen (secondary N) is 1. The number of ether oxygens (including phenoxy) is 1. The van der Waals surface area contributed by atoms with Crippen LogP contribution >= 0.6 is 11.6 Å². The molecule has 0 radical (unpaired) electrons. The van der Waals surface area contributed by atoms with Gasteiger partial charge in [0.15, 0.2) is 6.61 Å². The molecule has 8 heteroatoms. The molecule has 0 bridgehead atoms. The van der Waals surface area contributed by atoms with E-state index in [1.54, 1.807) is 0 Å². The molecule has 3 N–H and O–H groups in total. The van der Waals surface area contributed by atoms with Gasteiger partial charge >= 0.3 is 6.18 Å². The molecular formula is C12H14ClF3N2O2. The average molecular weight is 311 g/mol. The first kappa shape index (κ1) is 16.6. The fourth-order valence-corrected chi connectivity index (χ4v) is 1.52. The highest BCUT2D eigenvalue weighted by Gasteiger charge is 2.29. The number of carbonyl (C=O) groups is 1. The van der Waals surface area contributed by atoms with E-state index in [4.69, 9.17) is 17.3 Å². The minimum Gasteiger partial charge on any atom is -0.482 e. The molecule has 0 aliphatic rings. The lowest BCUT2D eigenvalue weighted by Gasteiger charge is -2.14. The van der Waals surface area contributed by atoms with E-state index in [0.717, 1.165) is 0 Å². The molecule has 1 rings (SSSR count). The van der Waals surface area contributed by atoms with E-state index in [2.05, 4.69) is 10.1 Å². The van der Waals surface area contributed by atoms with Gasteiger partial charge in [0.25, 0.3) is 0 Å². The van der Waals surface area contributed by atoms with Crippen LogP contribution in [-0.4, -0.2) is 25.2 Å². The second-order valence-corrected chi connectivity index (χ2v) is 4.42. The summed E-state index contributed by atoms with van der Waals surface area (Å²) in [6.07, 6.45) is -3.81. The second kappa shape index (κ2) is 7.35. The summed E-state index contributed by atoms with van der Waals surface area (Å²) in [7, 11) is 0. The molecule has 0 aromatic heterocycles. The van der Waals surface area contributed by atoms with Gasteiger partial charge in [-0.15, -0.1) is 0 Å². The van der Waals surface area contributed by atoms with Crippen molar-refractivity contribution >= 4 is 23.2 Å². The zero-order chi connectivity index (χ0) is 15.2. The maximum absolute atomic E-state index is 12.1. The summed E-state index contributed by atoms with van der Waals surface area (Å²) < 4.78 is 41.1. The fourth-order valence-electron chi connectivity index (χ4n) is 1.35. The summed E-state index contributed by atoms with van der Waals surface area (Å²) in [5, 5.41) is 2.67. The number of nitrogens with two attached hydrogens (primary N) is 1. The van der Waals surface area contributed by atoms with Gasteiger partial charge in [-0.25, -0.2) is 0 Å². The van der Waals surface area contributed by atoms with E-state index < -0.39 is 12.8 Å². The summed E-state index contributed by atoms with van der Waals surface area (Å²) >= 11 is 5.70. The van der Waals surface area contributed by atoms with Gasteiger partial charge < -0.3 is 15.8 Å². The largest absolute Gasteiger partial charge is 0.482 e. The Morgan fingerprint density at radius 1 is 1.40 bits per heavy atom. The van der Waals surface area contributed by atoms with Crippen molar-refractivity contribution in [3.63, 3.8) is 0 Å². The van der Waals surface area contributed by atoms with Crippen molar-refractivity contribution in [3.8, 4) is 5.75 Å². The summed E-state index contributed by atoms with van der Waals surface area (Å²) in [5.41, 5.74) is 5.41. The normalized spacial score (nSPS) is 11.2. The number of alkyl halides is 3. The zero-order valence-electron chi connectivity index (χ0n) is 10.5. The number of carbonyl (C=O) groups excluding carboxylic acids is 1. The smallest absolute Gasteiger partial charge is 0.422 e. The van der Waals surface area contributed by atoms with E-state index in [0.29, 0.717) is 13.0 Å². The summed E-state index contributed by atoms with van der Waals surface area (Å²) in [6, 6.07) is 4.04. The van der Waals surface area contributed by atoms with Crippen LogP contribution in [0.15, 0.2) is 18.2 Å². The van der Waals surface area contributed by atoms with Gasteiger partial charge in [-0.05, 0) is 25.1 Å². The van der Waals surface area contributed by atoms with Gasteiger partial charge in [-0.1, -0.05) is 11.6 Å². The third-order valence-corrected chi connectivity index (χ3v) is 2.45. The number of rotatable bonds is 6. The maximum atomic E-state index is 12.1. The zero-order valence-corrected chi connectivity index (χ0v) is 11.2. The highest BCUT2D eigenvalue weighted by atomic mass is 35.5. The topological polar surface area (TPSA) is 64.4 Å². The van der Waals surface area contributed by atoms with Crippen LogP contribution < -0.4 is 15.8 Å². The molecule has 0 atom stereocenters. The predicted molar refractivity (Wildman–Crippen MR) is 69.9 cm³/mol. The van der Waals surface area contributed by atoms with E-state index in [9.17, 15) is 18.0 Å². The lowest BCUT2D eigenvalue weighted by atomic mass is 10.2. The summed E-state index contributed by atoms with van der Waals surface area (Å²) in [6.45, 7) is -1.11. The van der Waals surface area contributed by atoms with Gasteiger partial charge in [0.1, 0.15) is 5.75 Å². The molecule has 0 aliphatic carbocycles. The Balaban J connectivity index is 2.76. The minimum absolute atomic E-state index is 0.129. The number of amides is 1. The van der Waals surface area contributed by atoms with Crippen LogP contribution in [0.2, 0.25) is 5.02 Å². The Morgan fingerprint density at radius 3 is 2.70 bits per heavy atom. The summed E-state index contributed by atoms with van der Waals surface area (Å²) in [5.74, 6) is -0.481. The molecule has 4 nitrogen and oxygen atoms in total. The van der Waals surface area contributed by atoms with Crippen molar-refractivity contribution in [2.75, 3.05) is 18.5 Å². The molecule has 0 saturated heterocycles. The molecule has 0 aliphatic heterocycles. The van der Waals surface area contributed by atoms with E-state index in [-0.39, 0.29) is 28.8 Å². The average Bonchev–Trinajstić information content (AvgIpc) is 2.35. The molecular weight excluding hydrogens is 297 g/mol. The molecule has 1 aromatic carbocycles. The number of halogens is 4. The molecule has 1 amide bonds. The van der Waals surface area contributed by atoms with Crippen LogP contribution in [0.25, 0.3) is 0 Å². The molecule has 112 valence electrons. The lowest BCUT2D eigenvalue weighted by molar-refractivity contribution is -0.153. The van der Waals surface area contributed by atoms with Gasteiger partial charge in [-0.3, -0.25) is 4.79 Å². The van der Waals surface area contributed by atoms with Crippen LogP contribution in [-0.2, 0) is 4.79 Å². The van der Waals surface area contributed by atoms with Crippen LogP contribution in [0, 0.1) is 0 Å². The van der Waals surface area contributed by atoms with Gasteiger partial charge in [-0.2, -0.15) is 13.2 Å². The van der Waals surface area contributed by atoms with Gasteiger partial charge in [0, 0.05) is 17.5 Å². The first-order valence-electron chi connectivity index (χ1n) is 5.81. The van der Waals surface area contributed by atoms with E-state index >= 15 is 0 Å². The third kappa shape index (κ3) is 6.12. The SMILES string of the molecule is NCCCC(=O)Nc1ccc(Cl)cc1OCC(F)(F)F. The van der Waals surface area contributed by atoms with Crippen LogP contribution in [0.5, 0.6) is 5.75 Å². The van der Waals surface area contributed by atoms with Crippen molar-refractivity contribution < 1.29 is 22.7 Å². The van der Waals surface area contributed by atoms with Crippen LogP contribution in [0.4, 0.5) is 18.9 Å². The Hall–Kier alpha value is -1.47. The molecule has 20 heavy (non-hydrogen) atoms. The summed E-state index contributed by atoms with van der Waals surface area (Å²) in [4.78, 5) is 11.5. The highest BCUT2D eigenvalue weighted by Crippen LogP contribution is 2.30. The van der Waals surface area contributed by atoms with Crippen LogP contribution in [0.3, 0.4) is 0 Å². The molecule has 1 aromatic rings. The Morgan fingerprint density at radius 2 is 2.10 bits per heavy atom. The molecule has 0 unspecified atom stereocenters. The van der Waals surface area contributed by atoms with Crippen molar-refractivity contribution in [2.24, 2.45) is 5.73 Å². The van der Waals surface area contributed by atoms with Crippen molar-refractivity contribution in [1.82, 2.24) is 0 Å². The highest BCUT2D eigenvalue weighted by molar-refractivity contribution is 6.30. The van der Waals surface area contributed by atoms with Crippen molar-refractivity contribution in [3.05, 3.63) is 23.2 Å². The fraction of sp³-hybridized carbons (Fsp3) is 0.417. The lowest BCUT2D eigenvalue weighted by Crippen LogP contribution is -2.20. The van der Waals surface area contributed by atoms with Crippen molar-refractivity contribution in [1.29, 1.82) is 0 Å². The quantitative estimate of drug-likeness (QED) is 0.849. The minimum atomic E-state index is -4.47. The number of benzene rings is 1. The number of hydrogen-bond donors (Lipinski definition) is 2. The number of anilines is 1. The Kier molecular flexibility index (Phi) is 6.09. The van der Waals surface area contributed by atoms with E-state index in [1.165, 1.54) is 18.2 Å². The van der Waals surface area contributed by atoms with Crippen LogP contribution in [0.1, 0.15) is 12.8 Å². The first-order valence-corrected chi connectivity index (χ1v) is 6.18. The maximum Gasteiger partial charge on any atom is 0.422 e. The van der Waals surface area contributed by atoms with Crippen molar-refractivity contribution in [2.45, 2.75) is 19.0 Å². The third-order valence-electron chi connectivity index (χ3n) is 2.22. The molecule has 0 fully saturated rings. The molecule has 0 saturated carbocycles. The Bertz CT molecular complexity index is 467.